The van der Waals surface area contributed by atoms with Crippen molar-refractivity contribution in [2.45, 2.75) is 0 Å². The second-order valence-corrected chi connectivity index (χ2v) is 4.86. The van der Waals surface area contributed by atoms with E-state index in [4.69, 9.17) is 14.6 Å². The molecule has 1 N–H and O–H groups in total. The van der Waals surface area contributed by atoms with Crippen LogP contribution in [0, 0.1) is 0 Å². The highest BCUT2D eigenvalue weighted by atomic mass is 79.9. The van der Waals surface area contributed by atoms with Crippen LogP contribution < -0.4 is 4.74 Å². The second kappa shape index (κ2) is 9.33. The molecule has 0 aromatic heterocycles. The summed E-state index contributed by atoms with van der Waals surface area (Å²) >= 11 is 3.37. The molecule has 102 valence electrons. The van der Waals surface area contributed by atoms with E-state index in [1.54, 1.807) is 0 Å². The SMILES string of the molecule is CN(CCO)CCOCCOc1ccc(Br)cc1. The Labute approximate surface area is 117 Å². The molecule has 0 radical (unpaired) electrons. The van der Waals surface area contributed by atoms with Gasteiger partial charge in [0, 0.05) is 17.6 Å². The summed E-state index contributed by atoms with van der Waals surface area (Å²) < 4.78 is 12.0. The molecule has 0 atom stereocenters. The predicted molar refractivity (Wildman–Crippen MR) is 75.0 cm³/mol. The summed E-state index contributed by atoms with van der Waals surface area (Å²) in [6.45, 7) is 3.45. The number of likely N-dealkylation sites (N-methyl/N-ethyl adjacent to an activating group) is 1. The van der Waals surface area contributed by atoms with E-state index in [9.17, 15) is 0 Å². The molecule has 5 heteroatoms. The third-order valence-electron chi connectivity index (χ3n) is 2.41. The molecule has 0 aliphatic heterocycles. The van der Waals surface area contributed by atoms with Crippen molar-refractivity contribution in [1.29, 1.82) is 0 Å². The highest BCUT2D eigenvalue weighted by molar-refractivity contribution is 9.10. The molecular weight excluding hydrogens is 298 g/mol. The fourth-order valence-corrected chi connectivity index (χ4v) is 1.62. The van der Waals surface area contributed by atoms with Gasteiger partial charge in [-0.1, -0.05) is 15.9 Å². The molecular formula is C13H20BrNO3. The van der Waals surface area contributed by atoms with E-state index >= 15 is 0 Å². The van der Waals surface area contributed by atoms with Gasteiger partial charge in [-0.05, 0) is 31.3 Å². The number of rotatable bonds is 9. The number of ether oxygens (including phenoxy) is 2. The summed E-state index contributed by atoms with van der Waals surface area (Å²) in [5.41, 5.74) is 0. The summed E-state index contributed by atoms with van der Waals surface area (Å²) in [5.74, 6) is 0.846. The fourth-order valence-electron chi connectivity index (χ4n) is 1.35. The third kappa shape index (κ3) is 6.96. The molecule has 0 bridgehead atoms. The molecule has 0 aliphatic carbocycles. The summed E-state index contributed by atoms with van der Waals surface area (Å²) in [6, 6.07) is 7.72. The van der Waals surface area contributed by atoms with Crippen molar-refractivity contribution in [3.8, 4) is 5.75 Å². The Balaban J connectivity index is 2.00. The van der Waals surface area contributed by atoms with Crippen LogP contribution in [-0.2, 0) is 4.74 Å². The van der Waals surface area contributed by atoms with Gasteiger partial charge in [0.1, 0.15) is 12.4 Å². The largest absolute Gasteiger partial charge is 0.491 e. The number of aliphatic hydroxyl groups excluding tert-OH is 1. The number of hydrogen-bond donors (Lipinski definition) is 1. The van der Waals surface area contributed by atoms with Crippen LogP contribution >= 0.6 is 15.9 Å². The van der Waals surface area contributed by atoms with Crippen LogP contribution in [0.4, 0.5) is 0 Å². The highest BCUT2D eigenvalue weighted by Gasteiger charge is 1.97. The van der Waals surface area contributed by atoms with Crippen molar-refractivity contribution < 1.29 is 14.6 Å². The summed E-state index contributed by atoms with van der Waals surface area (Å²) in [4.78, 5) is 2.02. The molecule has 0 heterocycles. The second-order valence-electron chi connectivity index (χ2n) is 3.94. The van der Waals surface area contributed by atoms with E-state index < -0.39 is 0 Å². The number of nitrogens with zero attached hydrogens (tertiary/aromatic N) is 1. The van der Waals surface area contributed by atoms with Gasteiger partial charge >= 0.3 is 0 Å². The van der Waals surface area contributed by atoms with Gasteiger partial charge in [0.05, 0.1) is 19.8 Å². The van der Waals surface area contributed by atoms with Crippen molar-refractivity contribution in [1.82, 2.24) is 4.90 Å². The van der Waals surface area contributed by atoms with Gasteiger partial charge < -0.3 is 19.5 Å². The van der Waals surface area contributed by atoms with E-state index in [0.717, 1.165) is 16.8 Å². The zero-order chi connectivity index (χ0) is 13.2. The van der Waals surface area contributed by atoms with Crippen LogP contribution in [0.15, 0.2) is 28.7 Å². The molecule has 4 nitrogen and oxygen atoms in total. The summed E-state index contributed by atoms with van der Waals surface area (Å²) in [6.07, 6.45) is 0. The van der Waals surface area contributed by atoms with Crippen LogP contribution in [-0.4, -0.2) is 56.6 Å². The van der Waals surface area contributed by atoms with Crippen molar-refractivity contribution in [3.63, 3.8) is 0 Å². The highest BCUT2D eigenvalue weighted by Crippen LogP contribution is 2.15. The maximum Gasteiger partial charge on any atom is 0.119 e. The lowest BCUT2D eigenvalue weighted by Crippen LogP contribution is -2.26. The van der Waals surface area contributed by atoms with E-state index in [1.807, 2.05) is 36.2 Å². The molecule has 1 rings (SSSR count). The van der Waals surface area contributed by atoms with Crippen molar-refractivity contribution in [3.05, 3.63) is 28.7 Å². The van der Waals surface area contributed by atoms with Crippen LogP contribution in [0.2, 0.25) is 0 Å². The quantitative estimate of drug-likeness (QED) is 0.705. The Morgan fingerprint density at radius 3 is 2.50 bits per heavy atom. The number of aliphatic hydroxyl groups is 1. The average molecular weight is 318 g/mol. The van der Waals surface area contributed by atoms with Gasteiger partial charge in [0.2, 0.25) is 0 Å². The zero-order valence-corrected chi connectivity index (χ0v) is 12.2. The molecule has 0 amide bonds. The zero-order valence-electron chi connectivity index (χ0n) is 10.6. The normalized spacial score (nSPS) is 10.9. The van der Waals surface area contributed by atoms with Crippen LogP contribution in [0.3, 0.4) is 0 Å². The Morgan fingerprint density at radius 2 is 1.83 bits per heavy atom. The van der Waals surface area contributed by atoms with Crippen LogP contribution in [0.25, 0.3) is 0 Å². The first-order chi connectivity index (χ1) is 8.72. The number of halogens is 1. The Bertz CT molecular complexity index is 319. The van der Waals surface area contributed by atoms with Gasteiger partial charge in [-0.25, -0.2) is 0 Å². The maximum absolute atomic E-state index is 8.72. The minimum atomic E-state index is 0.184. The standard InChI is InChI=1S/C13H20BrNO3/c1-15(6-8-16)7-9-17-10-11-18-13-4-2-12(14)3-5-13/h2-5,16H,6-11H2,1H3. The first kappa shape index (κ1) is 15.4. The topological polar surface area (TPSA) is 41.9 Å². The van der Waals surface area contributed by atoms with Gasteiger partial charge in [-0.2, -0.15) is 0 Å². The first-order valence-corrected chi connectivity index (χ1v) is 6.77. The van der Waals surface area contributed by atoms with Crippen molar-refractivity contribution in [2.75, 3.05) is 46.6 Å². The van der Waals surface area contributed by atoms with Gasteiger partial charge in [0.25, 0.3) is 0 Å². The average Bonchev–Trinajstić information content (AvgIpc) is 2.36. The molecule has 0 fully saturated rings. The summed E-state index contributed by atoms with van der Waals surface area (Å²) in [7, 11) is 1.96. The number of benzene rings is 1. The predicted octanol–water partition coefficient (Wildman–Crippen LogP) is 1.77. The van der Waals surface area contributed by atoms with Gasteiger partial charge in [-0.3, -0.25) is 0 Å². The van der Waals surface area contributed by atoms with E-state index in [1.165, 1.54) is 0 Å². The molecule has 18 heavy (non-hydrogen) atoms. The Kier molecular flexibility index (Phi) is 8.00. The Hall–Kier alpha value is -0.620. The van der Waals surface area contributed by atoms with Crippen LogP contribution in [0.5, 0.6) is 5.75 Å². The molecule has 0 spiro atoms. The van der Waals surface area contributed by atoms with E-state index in [2.05, 4.69) is 15.9 Å². The molecule has 0 saturated carbocycles. The Morgan fingerprint density at radius 1 is 1.11 bits per heavy atom. The van der Waals surface area contributed by atoms with Crippen LogP contribution in [0.1, 0.15) is 0 Å². The molecule has 0 saturated heterocycles. The van der Waals surface area contributed by atoms with Crippen molar-refractivity contribution >= 4 is 15.9 Å². The fraction of sp³-hybridized carbons (Fsp3) is 0.538. The van der Waals surface area contributed by atoms with Gasteiger partial charge in [-0.15, -0.1) is 0 Å². The lowest BCUT2D eigenvalue weighted by molar-refractivity contribution is 0.0813. The third-order valence-corrected chi connectivity index (χ3v) is 2.94. The molecule has 1 aromatic rings. The monoisotopic (exact) mass is 317 g/mol. The van der Waals surface area contributed by atoms with Crippen molar-refractivity contribution in [2.24, 2.45) is 0 Å². The smallest absolute Gasteiger partial charge is 0.119 e. The number of hydrogen-bond acceptors (Lipinski definition) is 4. The van der Waals surface area contributed by atoms with Gasteiger partial charge in [0.15, 0.2) is 0 Å². The maximum atomic E-state index is 8.72. The summed E-state index contributed by atoms with van der Waals surface area (Å²) in [5, 5.41) is 8.72. The molecule has 0 aliphatic rings. The van der Waals surface area contributed by atoms with E-state index in [0.29, 0.717) is 26.4 Å². The lowest BCUT2D eigenvalue weighted by Gasteiger charge is -2.14. The molecule has 1 aromatic carbocycles. The lowest BCUT2D eigenvalue weighted by atomic mass is 10.3. The first-order valence-electron chi connectivity index (χ1n) is 5.98. The van der Waals surface area contributed by atoms with E-state index in [-0.39, 0.29) is 6.61 Å². The minimum absolute atomic E-state index is 0.184. The molecule has 0 unspecified atom stereocenters. The minimum Gasteiger partial charge on any atom is -0.491 e.